The molecule has 1 rings (SSSR count). The molecule has 0 spiro atoms. The minimum absolute atomic E-state index is 0.0808. The number of rotatable bonds is 7. The van der Waals surface area contributed by atoms with Crippen LogP contribution in [-0.2, 0) is 6.54 Å². The molecule has 1 aromatic heterocycles. The second kappa shape index (κ2) is 7.44. The third-order valence-electron chi connectivity index (χ3n) is 3.02. The minimum atomic E-state index is 0.0808. The van der Waals surface area contributed by atoms with E-state index >= 15 is 0 Å². The Morgan fingerprint density at radius 3 is 2.65 bits per heavy atom. The molecule has 3 heteroatoms. The first-order chi connectivity index (χ1) is 9.33. The number of allylic oxidation sites excluding steroid dienone is 1. The number of ether oxygens (including phenoxy) is 1. The predicted octanol–water partition coefficient (Wildman–Crippen LogP) is 3.93. The Morgan fingerprint density at radius 2 is 2.05 bits per heavy atom. The molecule has 0 unspecified atom stereocenters. The molecule has 0 atom stereocenters. The van der Waals surface area contributed by atoms with Crippen LogP contribution in [0.2, 0.25) is 0 Å². The Bertz CT molecular complexity index is 447. The monoisotopic (exact) mass is 276 g/mol. The van der Waals surface area contributed by atoms with Crippen LogP contribution in [-0.4, -0.2) is 17.1 Å². The summed E-state index contributed by atoms with van der Waals surface area (Å²) in [5.41, 5.74) is 3.47. The minimum Gasteiger partial charge on any atom is -0.477 e. The molecule has 0 saturated carbocycles. The van der Waals surface area contributed by atoms with Crippen molar-refractivity contribution in [1.82, 2.24) is 10.3 Å². The Labute approximate surface area is 123 Å². The Morgan fingerprint density at radius 1 is 1.35 bits per heavy atom. The summed E-state index contributed by atoms with van der Waals surface area (Å²) in [5.74, 6) is 0.767. The summed E-state index contributed by atoms with van der Waals surface area (Å²) in [6, 6.07) is 2.11. The molecule has 112 valence electrons. The number of unbranched alkanes of at least 4 members (excludes halogenated alkanes) is 1. The van der Waals surface area contributed by atoms with E-state index in [2.05, 4.69) is 50.6 Å². The van der Waals surface area contributed by atoms with Crippen LogP contribution < -0.4 is 10.1 Å². The average Bonchev–Trinajstić information content (AvgIpc) is 2.32. The third kappa shape index (κ3) is 5.74. The molecule has 0 aliphatic heterocycles. The van der Waals surface area contributed by atoms with Gasteiger partial charge in [0.2, 0.25) is 5.88 Å². The van der Waals surface area contributed by atoms with Gasteiger partial charge in [0.05, 0.1) is 6.61 Å². The fourth-order valence-corrected chi connectivity index (χ4v) is 1.91. The molecule has 0 fully saturated rings. The zero-order valence-electron chi connectivity index (χ0n) is 13.5. The Hall–Kier alpha value is -1.35. The van der Waals surface area contributed by atoms with E-state index in [4.69, 9.17) is 4.74 Å². The normalized spacial score (nSPS) is 11.4. The van der Waals surface area contributed by atoms with Gasteiger partial charge in [-0.2, -0.15) is 0 Å². The summed E-state index contributed by atoms with van der Waals surface area (Å²) in [4.78, 5) is 4.54. The lowest BCUT2D eigenvalue weighted by Gasteiger charge is -2.22. The predicted molar refractivity (Wildman–Crippen MR) is 85.2 cm³/mol. The lowest BCUT2D eigenvalue weighted by Crippen LogP contribution is -2.35. The van der Waals surface area contributed by atoms with E-state index in [0.29, 0.717) is 6.61 Å². The number of nitrogens with one attached hydrogen (secondary N) is 1. The summed E-state index contributed by atoms with van der Waals surface area (Å²) < 4.78 is 5.87. The molecule has 1 N–H and O–H groups in total. The number of aromatic nitrogens is 1. The third-order valence-corrected chi connectivity index (χ3v) is 3.02. The number of hydrogen-bond acceptors (Lipinski definition) is 3. The van der Waals surface area contributed by atoms with E-state index in [-0.39, 0.29) is 5.54 Å². The maximum Gasteiger partial charge on any atom is 0.218 e. The fraction of sp³-hybridized carbons (Fsp3) is 0.588. The largest absolute Gasteiger partial charge is 0.477 e. The lowest BCUT2D eigenvalue weighted by molar-refractivity contribution is 0.293. The summed E-state index contributed by atoms with van der Waals surface area (Å²) in [6.45, 7) is 15.8. The van der Waals surface area contributed by atoms with Gasteiger partial charge in [0, 0.05) is 23.3 Å². The first kappa shape index (κ1) is 16.7. The van der Waals surface area contributed by atoms with Crippen LogP contribution in [0.3, 0.4) is 0 Å². The van der Waals surface area contributed by atoms with Crippen molar-refractivity contribution in [2.75, 3.05) is 6.61 Å². The summed E-state index contributed by atoms with van der Waals surface area (Å²) in [5, 5.41) is 3.50. The van der Waals surface area contributed by atoms with Crippen LogP contribution in [0.1, 0.15) is 50.4 Å². The van der Waals surface area contributed by atoms with E-state index in [1.807, 2.05) is 13.0 Å². The molecule has 0 saturated heterocycles. The molecule has 0 amide bonds. The Balaban J connectivity index is 2.81. The fourth-order valence-electron chi connectivity index (χ4n) is 1.91. The van der Waals surface area contributed by atoms with Gasteiger partial charge in [-0.05, 0) is 59.1 Å². The second-order valence-electron chi connectivity index (χ2n) is 6.25. The van der Waals surface area contributed by atoms with E-state index in [1.165, 1.54) is 5.56 Å². The molecule has 0 bridgehead atoms. The van der Waals surface area contributed by atoms with Crippen molar-refractivity contribution in [3.63, 3.8) is 0 Å². The molecule has 1 aromatic rings. The Kier molecular flexibility index (Phi) is 6.21. The van der Waals surface area contributed by atoms with Crippen LogP contribution in [0.25, 0.3) is 0 Å². The standard InChI is InChI=1S/C17H28N2O/c1-7-8-9-10-20-16-15(12-18-17(4,5)6)13(2)11-14(3)19-16/h7,11,18H,1,8-10,12H2,2-6H3. The highest BCUT2D eigenvalue weighted by molar-refractivity contribution is 5.36. The summed E-state index contributed by atoms with van der Waals surface area (Å²) in [7, 11) is 0. The molecule has 1 heterocycles. The zero-order valence-corrected chi connectivity index (χ0v) is 13.5. The van der Waals surface area contributed by atoms with Gasteiger partial charge in [-0.1, -0.05) is 6.08 Å². The van der Waals surface area contributed by atoms with Gasteiger partial charge >= 0.3 is 0 Å². The molecule has 0 aliphatic carbocycles. The van der Waals surface area contributed by atoms with Gasteiger partial charge in [-0.15, -0.1) is 6.58 Å². The van der Waals surface area contributed by atoms with Crippen LogP contribution >= 0.6 is 0 Å². The first-order valence-corrected chi connectivity index (χ1v) is 7.29. The van der Waals surface area contributed by atoms with E-state index in [1.54, 1.807) is 0 Å². The number of aryl methyl sites for hydroxylation is 2. The van der Waals surface area contributed by atoms with Crippen LogP contribution in [0.4, 0.5) is 0 Å². The van der Waals surface area contributed by atoms with Crippen molar-refractivity contribution >= 4 is 0 Å². The highest BCUT2D eigenvalue weighted by atomic mass is 16.5. The number of pyridine rings is 1. The summed E-state index contributed by atoms with van der Waals surface area (Å²) >= 11 is 0. The van der Waals surface area contributed by atoms with Crippen molar-refractivity contribution in [3.05, 3.63) is 35.5 Å². The molecular weight excluding hydrogens is 248 g/mol. The van der Waals surface area contributed by atoms with Gasteiger partial charge in [0.25, 0.3) is 0 Å². The van der Waals surface area contributed by atoms with Crippen LogP contribution in [0.5, 0.6) is 5.88 Å². The first-order valence-electron chi connectivity index (χ1n) is 7.29. The van der Waals surface area contributed by atoms with Gasteiger partial charge in [-0.3, -0.25) is 0 Å². The summed E-state index contributed by atoms with van der Waals surface area (Å²) in [6.07, 6.45) is 3.87. The number of hydrogen-bond donors (Lipinski definition) is 1. The van der Waals surface area contributed by atoms with Gasteiger partial charge < -0.3 is 10.1 Å². The van der Waals surface area contributed by atoms with E-state index in [9.17, 15) is 0 Å². The van der Waals surface area contributed by atoms with Gasteiger partial charge in [-0.25, -0.2) is 4.98 Å². The highest BCUT2D eigenvalue weighted by Crippen LogP contribution is 2.22. The molecular formula is C17H28N2O. The van der Waals surface area contributed by atoms with Crippen molar-refractivity contribution in [2.24, 2.45) is 0 Å². The van der Waals surface area contributed by atoms with E-state index < -0.39 is 0 Å². The van der Waals surface area contributed by atoms with Crippen molar-refractivity contribution < 1.29 is 4.74 Å². The maximum absolute atomic E-state index is 5.87. The van der Waals surface area contributed by atoms with Crippen molar-refractivity contribution in [1.29, 1.82) is 0 Å². The average molecular weight is 276 g/mol. The second-order valence-corrected chi connectivity index (χ2v) is 6.25. The molecule has 0 aromatic carbocycles. The van der Waals surface area contributed by atoms with Crippen LogP contribution in [0, 0.1) is 13.8 Å². The quantitative estimate of drug-likeness (QED) is 0.605. The molecule has 20 heavy (non-hydrogen) atoms. The zero-order chi connectivity index (χ0) is 15.2. The lowest BCUT2D eigenvalue weighted by atomic mass is 10.1. The molecule has 3 nitrogen and oxygen atoms in total. The number of nitrogens with zero attached hydrogens (tertiary/aromatic N) is 1. The maximum atomic E-state index is 5.87. The van der Waals surface area contributed by atoms with Gasteiger partial charge in [0.1, 0.15) is 0 Å². The molecule has 0 radical (unpaired) electrons. The van der Waals surface area contributed by atoms with Crippen LogP contribution in [0.15, 0.2) is 18.7 Å². The van der Waals surface area contributed by atoms with Crippen molar-refractivity contribution in [3.8, 4) is 5.88 Å². The smallest absolute Gasteiger partial charge is 0.218 e. The van der Waals surface area contributed by atoms with Crippen molar-refractivity contribution in [2.45, 2.75) is 59.5 Å². The molecule has 0 aliphatic rings. The SMILES string of the molecule is C=CCCCOc1nc(C)cc(C)c1CNC(C)(C)C. The van der Waals surface area contributed by atoms with Gasteiger partial charge in [0.15, 0.2) is 0 Å². The van der Waals surface area contributed by atoms with E-state index in [0.717, 1.165) is 36.5 Å². The highest BCUT2D eigenvalue weighted by Gasteiger charge is 2.14. The topological polar surface area (TPSA) is 34.1 Å².